The van der Waals surface area contributed by atoms with Gasteiger partial charge in [-0.15, -0.1) is 13.2 Å². The summed E-state index contributed by atoms with van der Waals surface area (Å²) in [5, 5.41) is 0. The van der Waals surface area contributed by atoms with E-state index in [9.17, 15) is 13.2 Å². The number of alkyl halides is 3. The smallest absolute Gasteiger partial charge is 0.405 e. The first-order chi connectivity index (χ1) is 8.87. The van der Waals surface area contributed by atoms with E-state index in [2.05, 4.69) is 4.74 Å². The highest BCUT2D eigenvalue weighted by Crippen LogP contribution is 2.34. The average molecular weight is 267 g/mol. The van der Waals surface area contributed by atoms with Crippen LogP contribution in [0.15, 0.2) is 42.5 Å². The average Bonchev–Trinajstić information content (AvgIpc) is 2.31. The van der Waals surface area contributed by atoms with Gasteiger partial charge in [-0.2, -0.15) is 0 Å². The molecule has 0 spiro atoms. The maximum atomic E-state index is 12.3. The molecule has 0 aliphatic carbocycles. The van der Waals surface area contributed by atoms with Crippen LogP contribution in [0.25, 0.3) is 11.1 Å². The van der Waals surface area contributed by atoms with Crippen molar-refractivity contribution in [1.29, 1.82) is 0 Å². The van der Waals surface area contributed by atoms with Crippen molar-refractivity contribution < 1.29 is 17.9 Å². The van der Waals surface area contributed by atoms with Gasteiger partial charge in [0.1, 0.15) is 5.75 Å². The summed E-state index contributed by atoms with van der Waals surface area (Å²) < 4.78 is 41.0. The first-order valence-electron chi connectivity index (χ1n) is 5.58. The molecule has 0 unspecified atom stereocenters. The van der Waals surface area contributed by atoms with Gasteiger partial charge in [0, 0.05) is 11.3 Å². The number of rotatable bonds is 2. The molecule has 0 amide bonds. The standard InChI is InChI=1S/C14H12F3NO/c1-9-8-10(6-7-12(9)18)11-4-2-3-5-13(11)19-14(15,16)17/h2-8H,18H2,1H3. The molecular formula is C14H12F3NO. The van der Waals surface area contributed by atoms with Crippen molar-refractivity contribution in [2.45, 2.75) is 13.3 Å². The van der Waals surface area contributed by atoms with Gasteiger partial charge < -0.3 is 10.5 Å². The maximum Gasteiger partial charge on any atom is 0.573 e. The minimum absolute atomic E-state index is 0.223. The SMILES string of the molecule is Cc1cc(-c2ccccc2OC(F)(F)F)ccc1N. The minimum atomic E-state index is -4.71. The Bertz CT molecular complexity index is 593. The van der Waals surface area contributed by atoms with E-state index in [1.165, 1.54) is 12.1 Å². The molecule has 0 saturated heterocycles. The highest BCUT2D eigenvalue weighted by molar-refractivity contribution is 5.73. The van der Waals surface area contributed by atoms with E-state index < -0.39 is 6.36 Å². The van der Waals surface area contributed by atoms with E-state index in [1.54, 1.807) is 37.3 Å². The molecule has 2 aromatic rings. The normalized spacial score (nSPS) is 11.4. The lowest BCUT2D eigenvalue weighted by atomic mass is 10.0. The fourth-order valence-electron chi connectivity index (χ4n) is 1.76. The number of benzene rings is 2. The summed E-state index contributed by atoms with van der Waals surface area (Å²) in [6.45, 7) is 1.80. The maximum absolute atomic E-state index is 12.3. The van der Waals surface area contributed by atoms with Crippen LogP contribution >= 0.6 is 0 Å². The number of ether oxygens (including phenoxy) is 1. The third-order valence-electron chi connectivity index (χ3n) is 2.69. The minimum Gasteiger partial charge on any atom is -0.405 e. The van der Waals surface area contributed by atoms with Crippen LogP contribution in [0.1, 0.15) is 5.56 Å². The number of para-hydroxylation sites is 1. The fraction of sp³-hybridized carbons (Fsp3) is 0.143. The van der Waals surface area contributed by atoms with E-state index in [-0.39, 0.29) is 5.75 Å². The Kier molecular flexibility index (Phi) is 3.38. The Morgan fingerprint density at radius 3 is 2.37 bits per heavy atom. The van der Waals surface area contributed by atoms with Crippen molar-refractivity contribution in [2.24, 2.45) is 0 Å². The van der Waals surface area contributed by atoms with Gasteiger partial charge in [-0.1, -0.05) is 24.3 Å². The summed E-state index contributed by atoms with van der Waals surface area (Å²) in [6.07, 6.45) is -4.71. The van der Waals surface area contributed by atoms with E-state index in [0.717, 1.165) is 5.56 Å². The van der Waals surface area contributed by atoms with Gasteiger partial charge in [-0.25, -0.2) is 0 Å². The van der Waals surface area contributed by atoms with Gasteiger partial charge >= 0.3 is 6.36 Å². The molecule has 5 heteroatoms. The van der Waals surface area contributed by atoms with Crippen LogP contribution in [0.3, 0.4) is 0 Å². The van der Waals surface area contributed by atoms with Crippen molar-refractivity contribution in [3.8, 4) is 16.9 Å². The summed E-state index contributed by atoms with van der Waals surface area (Å²) in [6, 6.07) is 11.1. The van der Waals surface area contributed by atoms with E-state index >= 15 is 0 Å². The Hall–Kier alpha value is -2.17. The van der Waals surface area contributed by atoms with Crippen LogP contribution in [0.5, 0.6) is 5.75 Å². The summed E-state index contributed by atoms with van der Waals surface area (Å²) in [5.74, 6) is -0.223. The molecule has 0 bridgehead atoms. The third-order valence-corrected chi connectivity index (χ3v) is 2.69. The third kappa shape index (κ3) is 3.19. The van der Waals surface area contributed by atoms with Gasteiger partial charge in [-0.3, -0.25) is 0 Å². The predicted octanol–water partition coefficient (Wildman–Crippen LogP) is 4.14. The van der Waals surface area contributed by atoms with E-state index in [1.807, 2.05) is 0 Å². The highest BCUT2D eigenvalue weighted by Gasteiger charge is 2.32. The molecule has 0 atom stereocenters. The molecule has 2 nitrogen and oxygen atoms in total. The van der Waals surface area contributed by atoms with Crippen LogP contribution in [0, 0.1) is 6.92 Å². The molecule has 0 aliphatic heterocycles. The highest BCUT2D eigenvalue weighted by atomic mass is 19.4. The molecule has 2 N–H and O–H groups in total. The first kappa shape index (κ1) is 13.3. The second-order valence-electron chi connectivity index (χ2n) is 4.12. The molecule has 0 aliphatic rings. The molecule has 0 heterocycles. The number of nitrogen functional groups attached to an aromatic ring is 1. The van der Waals surface area contributed by atoms with Crippen LogP contribution in [0.2, 0.25) is 0 Å². The fourth-order valence-corrected chi connectivity index (χ4v) is 1.76. The molecule has 100 valence electrons. The van der Waals surface area contributed by atoms with Crippen LogP contribution in [0.4, 0.5) is 18.9 Å². The van der Waals surface area contributed by atoms with Crippen LogP contribution in [-0.4, -0.2) is 6.36 Å². The molecule has 2 rings (SSSR count). The Labute approximate surface area is 108 Å². The number of anilines is 1. The second-order valence-corrected chi connectivity index (χ2v) is 4.12. The van der Waals surface area contributed by atoms with Crippen molar-refractivity contribution >= 4 is 5.69 Å². The van der Waals surface area contributed by atoms with Gasteiger partial charge in [0.25, 0.3) is 0 Å². The van der Waals surface area contributed by atoms with Crippen LogP contribution < -0.4 is 10.5 Å². The first-order valence-corrected chi connectivity index (χ1v) is 5.58. The molecule has 0 saturated carbocycles. The van der Waals surface area contributed by atoms with E-state index in [4.69, 9.17) is 5.73 Å². The van der Waals surface area contributed by atoms with Crippen molar-refractivity contribution in [2.75, 3.05) is 5.73 Å². The Morgan fingerprint density at radius 2 is 1.74 bits per heavy atom. The predicted molar refractivity (Wildman–Crippen MR) is 67.7 cm³/mol. The summed E-state index contributed by atoms with van der Waals surface area (Å²) in [5.41, 5.74) is 8.10. The zero-order chi connectivity index (χ0) is 14.0. The number of halogens is 3. The molecular weight excluding hydrogens is 255 g/mol. The van der Waals surface area contributed by atoms with E-state index in [0.29, 0.717) is 16.8 Å². The quantitative estimate of drug-likeness (QED) is 0.830. The summed E-state index contributed by atoms with van der Waals surface area (Å²) in [4.78, 5) is 0. The zero-order valence-electron chi connectivity index (χ0n) is 10.2. The van der Waals surface area contributed by atoms with Gasteiger partial charge in [0.2, 0.25) is 0 Å². The van der Waals surface area contributed by atoms with Crippen molar-refractivity contribution in [3.05, 3.63) is 48.0 Å². The summed E-state index contributed by atoms with van der Waals surface area (Å²) in [7, 11) is 0. The largest absolute Gasteiger partial charge is 0.573 e. The molecule has 0 fully saturated rings. The zero-order valence-corrected chi connectivity index (χ0v) is 10.2. The van der Waals surface area contributed by atoms with Gasteiger partial charge in [-0.05, 0) is 36.2 Å². The Morgan fingerprint density at radius 1 is 1.05 bits per heavy atom. The lowest BCUT2D eigenvalue weighted by Gasteiger charge is -2.14. The molecule has 2 aromatic carbocycles. The van der Waals surface area contributed by atoms with Crippen molar-refractivity contribution in [1.82, 2.24) is 0 Å². The molecule has 0 radical (unpaired) electrons. The Balaban J connectivity index is 2.47. The number of aryl methyl sites for hydroxylation is 1. The summed E-state index contributed by atoms with van der Waals surface area (Å²) >= 11 is 0. The molecule has 0 aromatic heterocycles. The number of hydrogen-bond donors (Lipinski definition) is 1. The van der Waals surface area contributed by atoms with Gasteiger partial charge in [0.15, 0.2) is 0 Å². The molecule has 19 heavy (non-hydrogen) atoms. The lowest BCUT2D eigenvalue weighted by Crippen LogP contribution is -2.17. The van der Waals surface area contributed by atoms with Gasteiger partial charge in [0.05, 0.1) is 0 Å². The topological polar surface area (TPSA) is 35.2 Å². The second kappa shape index (κ2) is 4.84. The van der Waals surface area contributed by atoms with Crippen molar-refractivity contribution in [3.63, 3.8) is 0 Å². The lowest BCUT2D eigenvalue weighted by molar-refractivity contribution is -0.274. The van der Waals surface area contributed by atoms with Crippen LogP contribution in [-0.2, 0) is 0 Å². The number of hydrogen-bond acceptors (Lipinski definition) is 2. The number of nitrogens with two attached hydrogens (primary N) is 1. The monoisotopic (exact) mass is 267 g/mol.